The molecule has 0 aliphatic rings. The van der Waals surface area contributed by atoms with Gasteiger partial charge in [-0.1, -0.05) is 35.9 Å². The van der Waals surface area contributed by atoms with Gasteiger partial charge in [0, 0.05) is 17.3 Å². The van der Waals surface area contributed by atoms with E-state index in [0.717, 1.165) is 15.2 Å². The minimum atomic E-state index is 0.0585. The molecular formula is C19H20N2OS3. The summed E-state index contributed by atoms with van der Waals surface area (Å²) in [6, 6.07) is 12.4. The van der Waals surface area contributed by atoms with Gasteiger partial charge in [0.05, 0.1) is 11.7 Å². The van der Waals surface area contributed by atoms with Crippen LogP contribution in [0.4, 0.5) is 0 Å². The van der Waals surface area contributed by atoms with Crippen LogP contribution in [0.1, 0.15) is 23.4 Å². The molecule has 0 N–H and O–H groups in total. The quantitative estimate of drug-likeness (QED) is 0.537. The normalized spacial score (nSPS) is 12.1. The number of hydrogen-bond donors (Lipinski definition) is 0. The third kappa shape index (κ3) is 3.92. The summed E-state index contributed by atoms with van der Waals surface area (Å²) in [7, 11) is 1.86. The number of likely N-dealkylation sites (N-methyl/N-ethyl adjacent to an activating group) is 1. The molecule has 3 rings (SSSR count). The zero-order valence-corrected chi connectivity index (χ0v) is 16.9. The zero-order valence-electron chi connectivity index (χ0n) is 14.4. The maximum atomic E-state index is 12.8. The van der Waals surface area contributed by atoms with E-state index in [1.165, 1.54) is 21.8 Å². The SMILES string of the molecule is Cc1ccc(-c2csc(=S)n2CC(=O)N(C)C(C)c2cccs2)cc1. The number of rotatable bonds is 5. The largest absolute Gasteiger partial charge is 0.337 e. The van der Waals surface area contributed by atoms with E-state index < -0.39 is 0 Å². The molecule has 3 aromatic rings. The molecule has 0 radical (unpaired) electrons. The molecule has 0 bridgehead atoms. The van der Waals surface area contributed by atoms with Crippen LogP contribution in [0.5, 0.6) is 0 Å². The van der Waals surface area contributed by atoms with E-state index >= 15 is 0 Å². The summed E-state index contributed by atoms with van der Waals surface area (Å²) in [6.45, 7) is 4.38. The molecule has 130 valence electrons. The first kappa shape index (κ1) is 18.0. The summed E-state index contributed by atoms with van der Waals surface area (Å²) in [5, 5.41) is 4.07. The first-order valence-corrected chi connectivity index (χ1v) is 10.2. The number of carbonyl (C=O) groups is 1. The van der Waals surface area contributed by atoms with Gasteiger partial charge >= 0.3 is 0 Å². The molecule has 0 fully saturated rings. The molecule has 25 heavy (non-hydrogen) atoms. The van der Waals surface area contributed by atoms with Crippen LogP contribution in [0.3, 0.4) is 0 Å². The van der Waals surface area contributed by atoms with Crippen LogP contribution in [0, 0.1) is 10.9 Å². The van der Waals surface area contributed by atoms with Crippen LogP contribution in [0.25, 0.3) is 11.3 Å². The van der Waals surface area contributed by atoms with Gasteiger partial charge in [-0.05, 0) is 43.1 Å². The van der Waals surface area contributed by atoms with Crippen molar-refractivity contribution in [2.45, 2.75) is 26.4 Å². The van der Waals surface area contributed by atoms with E-state index in [1.807, 2.05) is 28.4 Å². The second kappa shape index (κ2) is 7.64. The van der Waals surface area contributed by atoms with E-state index in [1.54, 1.807) is 16.2 Å². The van der Waals surface area contributed by atoms with Gasteiger partial charge in [0.25, 0.3) is 0 Å². The number of nitrogens with zero attached hydrogens (tertiary/aromatic N) is 2. The van der Waals surface area contributed by atoms with Gasteiger partial charge in [-0.15, -0.1) is 22.7 Å². The fourth-order valence-corrected chi connectivity index (χ4v) is 4.51. The van der Waals surface area contributed by atoms with Gasteiger partial charge < -0.3 is 9.47 Å². The smallest absolute Gasteiger partial charge is 0.242 e. The van der Waals surface area contributed by atoms with E-state index in [0.29, 0.717) is 0 Å². The maximum Gasteiger partial charge on any atom is 0.242 e. The summed E-state index contributed by atoms with van der Waals surface area (Å²) >= 11 is 8.63. The lowest BCUT2D eigenvalue weighted by Gasteiger charge is -2.24. The van der Waals surface area contributed by atoms with Gasteiger partial charge in [-0.3, -0.25) is 4.79 Å². The van der Waals surface area contributed by atoms with E-state index in [4.69, 9.17) is 12.2 Å². The molecule has 1 unspecified atom stereocenters. The molecule has 2 heterocycles. The van der Waals surface area contributed by atoms with Crippen LogP contribution < -0.4 is 0 Å². The van der Waals surface area contributed by atoms with Crippen molar-refractivity contribution in [2.75, 3.05) is 7.05 Å². The van der Waals surface area contributed by atoms with Crippen LogP contribution in [-0.2, 0) is 11.3 Å². The van der Waals surface area contributed by atoms with Gasteiger partial charge in [0.1, 0.15) is 6.54 Å². The van der Waals surface area contributed by atoms with Crippen LogP contribution >= 0.6 is 34.9 Å². The van der Waals surface area contributed by atoms with E-state index in [9.17, 15) is 4.79 Å². The van der Waals surface area contributed by atoms with Crippen molar-refractivity contribution in [3.8, 4) is 11.3 Å². The standard InChI is InChI=1S/C19H20N2OS3/c1-13-6-8-15(9-7-13)16-12-25-19(23)21(16)11-18(22)20(3)14(2)17-5-4-10-24-17/h4-10,12,14H,11H2,1-3H3. The van der Waals surface area contributed by atoms with Gasteiger partial charge in [-0.2, -0.15) is 0 Å². The molecule has 0 saturated heterocycles. The first-order valence-electron chi connectivity index (χ1n) is 8.02. The fraction of sp³-hybridized carbons (Fsp3) is 0.263. The molecule has 3 nitrogen and oxygen atoms in total. The highest BCUT2D eigenvalue weighted by Gasteiger charge is 2.20. The Bertz CT molecular complexity index is 907. The minimum absolute atomic E-state index is 0.0585. The van der Waals surface area contributed by atoms with Gasteiger partial charge in [0.15, 0.2) is 3.95 Å². The lowest BCUT2D eigenvalue weighted by molar-refractivity contribution is -0.132. The number of benzene rings is 1. The summed E-state index contributed by atoms with van der Waals surface area (Å²) in [5.41, 5.74) is 3.30. The average molecular weight is 389 g/mol. The predicted molar refractivity (Wildman–Crippen MR) is 109 cm³/mol. The van der Waals surface area contributed by atoms with Crippen molar-refractivity contribution in [2.24, 2.45) is 0 Å². The molecule has 0 aliphatic carbocycles. The van der Waals surface area contributed by atoms with Crippen molar-refractivity contribution in [1.82, 2.24) is 9.47 Å². The van der Waals surface area contributed by atoms with E-state index in [-0.39, 0.29) is 18.5 Å². The number of hydrogen-bond acceptors (Lipinski definition) is 4. The number of thiophene rings is 1. The fourth-order valence-electron chi connectivity index (χ4n) is 2.61. The summed E-state index contributed by atoms with van der Waals surface area (Å²) in [6.07, 6.45) is 0. The van der Waals surface area contributed by atoms with Crippen molar-refractivity contribution >= 4 is 40.8 Å². The Morgan fingerprint density at radius 2 is 1.96 bits per heavy atom. The molecule has 0 saturated carbocycles. The second-order valence-corrected chi connectivity index (χ2v) is 8.52. The number of aryl methyl sites for hydroxylation is 1. The number of amides is 1. The van der Waals surface area contributed by atoms with Crippen molar-refractivity contribution in [3.05, 3.63) is 61.6 Å². The Hall–Kier alpha value is -1.76. The molecule has 6 heteroatoms. The van der Waals surface area contributed by atoms with Crippen molar-refractivity contribution in [3.63, 3.8) is 0 Å². The van der Waals surface area contributed by atoms with E-state index in [2.05, 4.69) is 44.2 Å². The summed E-state index contributed by atoms with van der Waals surface area (Å²) in [5.74, 6) is 0.0590. The Labute approximate surface area is 161 Å². The molecule has 0 spiro atoms. The third-order valence-corrected chi connectivity index (χ3v) is 6.67. The van der Waals surface area contributed by atoms with Crippen LogP contribution in [0.15, 0.2) is 47.2 Å². The minimum Gasteiger partial charge on any atom is -0.337 e. The van der Waals surface area contributed by atoms with Gasteiger partial charge in [-0.25, -0.2) is 0 Å². The molecule has 1 amide bonds. The molecule has 1 aromatic carbocycles. The zero-order chi connectivity index (χ0) is 18.0. The number of aromatic nitrogens is 1. The lowest BCUT2D eigenvalue weighted by atomic mass is 10.1. The predicted octanol–water partition coefficient (Wildman–Crippen LogP) is 5.54. The number of thiazole rings is 1. The Morgan fingerprint density at radius 3 is 2.60 bits per heavy atom. The molecule has 1 atom stereocenters. The highest BCUT2D eigenvalue weighted by Crippen LogP contribution is 2.26. The van der Waals surface area contributed by atoms with Gasteiger partial charge in [0.2, 0.25) is 5.91 Å². The summed E-state index contributed by atoms with van der Waals surface area (Å²) < 4.78 is 2.66. The molecular weight excluding hydrogens is 368 g/mol. The monoisotopic (exact) mass is 388 g/mol. The summed E-state index contributed by atoms with van der Waals surface area (Å²) in [4.78, 5) is 15.8. The third-order valence-electron chi connectivity index (χ3n) is 4.35. The topological polar surface area (TPSA) is 25.2 Å². The van der Waals surface area contributed by atoms with Crippen LogP contribution in [0.2, 0.25) is 0 Å². The molecule has 2 aromatic heterocycles. The highest BCUT2D eigenvalue weighted by atomic mass is 32.1. The highest BCUT2D eigenvalue weighted by molar-refractivity contribution is 7.73. The number of carbonyl (C=O) groups excluding carboxylic acids is 1. The maximum absolute atomic E-state index is 12.8. The van der Waals surface area contributed by atoms with Crippen molar-refractivity contribution in [1.29, 1.82) is 0 Å². The molecule has 0 aliphatic heterocycles. The Kier molecular flexibility index (Phi) is 5.51. The second-order valence-electron chi connectivity index (χ2n) is 6.04. The Morgan fingerprint density at radius 1 is 1.24 bits per heavy atom. The lowest BCUT2D eigenvalue weighted by Crippen LogP contribution is -2.32. The average Bonchev–Trinajstić information content (AvgIpc) is 3.25. The van der Waals surface area contributed by atoms with Crippen LogP contribution in [-0.4, -0.2) is 22.4 Å². The van der Waals surface area contributed by atoms with Crippen molar-refractivity contribution < 1.29 is 4.79 Å². The Balaban J connectivity index is 1.83. The first-order chi connectivity index (χ1) is 12.0.